The number of rotatable bonds is 6. The van der Waals surface area contributed by atoms with Crippen molar-refractivity contribution in [3.8, 4) is 11.1 Å². The molecule has 0 bridgehead atoms. The van der Waals surface area contributed by atoms with Crippen LogP contribution >= 0.6 is 34.5 Å². The summed E-state index contributed by atoms with van der Waals surface area (Å²) in [6.07, 6.45) is 1.15. The number of halogens is 2. The number of ether oxygens (including phenoxy) is 1. The number of carbonyl (C=O) groups excluding carboxylic acids is 1. The lowest BCUT2D eigenvalue weighted by Crippen LogP contribution is -2.35. The van der Waals surface area contributed by atoms with Gasteiger partial charge in [-0.15, -0.1) is 11.3 Å². The van der Waals surface area contributed by atoms with Crippen LogP contribution in [0.5, 0.6) is 0 Å². The van der Waals surface area contributed by atoms with Crippen LogP contribution in [0.1, 0.15) is 24.6 Å². The maximum atomic E-state index is 13.1. The summed E-state index contributed by atoms with van der Waals surface area (Å²) < 4.78 is 5.72. The van der Waals surface area contributed by atoms with Crippen LogP contribution in [-0.4, -0.2) is 22.6 Å². The largest absolute Gasteiger partial charge is 0.469 e. The van der Waals surface area contributed by atoms with E-state index in [0.717, 1.165) is 20.6 Å². The molecule has 0 atom stereocenters. The molecule has 3 aromatic rings. The second-order valence-electron chi connectivity index (χ2n) is 6.15. The fourth-order valence-corrected chi connectivity index (χ4v) is 4.50. The van der Waals surface area contributed by atoms with E-state index in [2.05, 4.69) is 9.72 Å². The first-order valence-corrected chi connectivity index (χ1v) is 10.2. The van der Waals surface area contributed by atoms with Crippen molar-refractivity contribution >= 4 is 50.7 Å². The molecule has 0 unspecified atom stereocenters. The van der Waals surface area contributed by atoms with E-state index >= 15 is 0 Å². The van der Waals surface area contributed by atoms with Gasteiger partial charge in [-0.1, -0.05) is 36.2 Å². The summed E-state index contributed by atoms with van der Waals surface area (Å²) in [6, 6.07) is 5.21. The van der Waals surface area contributed by atoms with Gasteiger partial charge in [0.15, 0.2) is 0 Å². The summed E-state index contributed by atoms with van der Waals surface area (Å²) in [6.45, 7) is 2.11. The van der Waals surface area contributed by atoms with Crippen molar-refractivity contribution in [3.63, 3.8) is 0 Å². The average molecular weight is 441 g/mol. The van der Waals surface area contributed by atoms with Crippen LogP contribution < -0.4 is 11.2 Å². The monoisotopic (exact) mass is 440 g/mol. The molecule has 0 fully saturated rings. The highest BCUT2D eigenvalue weighted by atomic mass is 35.5. The van der Waals surface area contributed by atoms with Gasteiger partial charge in [-0.2, -0.15) is 0 Å². The third-order valence-corrected chi connectivity index (χ3v) is 6.41. The summed E-state index contributed by atoms with van der Waals surface area (Å²) in [5.74, 6) is -0.383. The van der Waals surface area contributed by atoms with Gasteiger partial charge in [0.2, 0.25) is 0 Å². The molecular weight excluding hydrogens is 423 g/mol. The lowest BCUT2D eigenvalue weighted by Gasteiger charge is -2.07. The van der Waals surface area contributed by atoms with E-state index in [1.165, 1.54) is 18.4 Å². The minimum Gasteiger partial charge on any atom is -0.469 e. The summed E-state index contributed by atoms with van der Waals surface area (Å²) in [7, 11) is 1.30. The summed E-state index contributed by atoms with van der Waals surface area (Å²) >= 11 is 13.6. The molecule has 6 nitrogen and oxygen atoms in total. The molecule has 0 saturated heterocycles. The van der Waals surface area contributed by atoms with Crippen LogP contribution in [0.15, 0.2) is 27.8 Å². The van der Waals surface area contributed by atoms with Gasteiger partial charge >= 0.3 is 11.7 Å². The Balaban J connectivity index is 2.17. The predicted octanol–water partition coefficient (Wildman–Crippen LogP) is 4.24. The minimum atomic E-state index is -0.494. The topological polar surface area (TPSA) is 81.2 Å². The first-order valence-electron chi connectivity index (χ1n) is 8.68. The maximum absolute atomic E-state index is 13.1. The SMILES string of the molecule is CCc1sc2[nH]c(=O)n(CCCC(=O)OC)c(=O)c2c1-c1ccc(Cl)c(Cl)c1. The fraction of sp³-hybridized carbons (Fsp3) is 0.316. The van der Waals surface area contributed by atoms with Gasteiger partial charge in [0.25, 0.3) is 5.56 Å². The van der Waals surface area contributed by atoms with Gasteiger partial charge in [-0.05, 0) is 30.5 Å². The molecule has 0 spiro atoms. The van der Waals surface area contributed by atoms with E-state index in [9.17, 15) is 14.4 Å². The first kappa shape index (κ1) is 20.6. The third-order valence-electron chi connectivity index (χ3n) is 4.43. The molecule has 0 saturated carbocycles. The lowest BCUT2D eigenvalue weighted by atomic mass is 10.0. The Morgan fingerprint density at radius 1 is 1.25 bits per heavy atom. The number of benzene rings is 1. The van der Waals surface area contributed by atoms with Crippen molar-refractivity contribution in [2.75, 3.05) is 7.11 Å². The Morgan fingerprint density at radius 3 is 2.64 bits per heavy atom. The highest BCUT2D eigenvalue weighted by Gasteiger charge is 2.20. The Labute approximate surface area is 174 Å². The molecule has 148 valence electrons. The first-order chi connectivity index (χ1) is 13.4. The number of fused-ring (bicyclic) bond motifs is 1. The number of thiophene rings is 1. The van der Waals surface area contributed by atoms with Gasteiger partial charge in [0, 0.05) is 23.4 Å². The number of aryl methyl sites for hydroxylation is 1. The molecule has 1 aromatic carbocycles. The maximum Gasteiger partial charge on any atom is 0.329 e. The number of nitrogens with zero attached hydrogens (tertiary/aromatic N) is 1. The number of aromatic amines is 1. The molecule has 0 amide bonds. The zero-order valence-corrected chi connectivity index (χ0v) is 17.6. The number of methoxy groups -OCH3 is 1. The van der Waals surface area contributed by atoms with E-state index in [4.69, 9.17) is 23.2 Å². The van der Waals surface area contributed by atoms with Gasteiger partial charge in [-0.25, -0.2) is 4.79 Å². The molecule has 0 radical (unpaired) electrons. The van der Waals surface area contributed by atoms with Crippen molar-refractivity contribution in [1.82, 2.24) is 9.55 Å². The zero-order valence-electron chi connectivity index (χ0n) is 15.3. The number of carbonyl (C=O) groups is 1. The fourth-order valence-electron chi connectivity index (χ4n) is 3.05. The highest BCUT2D eigenvalue weighted by molar-refractivity contribution is 7.19. The smallest absolute Gasteiger partial charge is 0.329 e. The molecule has 28 heavy (non-hydrogen) atoms. The zero-order chi connectivity index (χ0) is 20.4. The Bertz CT molecular complexity index is 1160. The number of hydrogen-bond acceptors (Lipinski definition) is 5. The van der Waals surface area contributed by atoms with E-state index in [1.54, 1.807) is 18.2 Å². The predicted molar refractivity (Wildman–Crippen MR) is 113 cm³/mol. The second-order valence-corrected chi connectivity index (χ2v) is 8.07. The van der Waals surface area contributed by atoms with E-state index in [-0.39, 0.29) is 24.5 Å². The molecule has 0 aliphatic heterocycles. The molecule has 0 aliphatic carbocycles. The molecule has 2 aromatic heterocycles. The number of nitrogens with one attached hydrogen (secondary N) is 1. The van der Waals surface area contributed by atoms with Crippen LogP contribution in [0.4, 0.5) is 0 Å². The molecule has 3 rings (SSSR count). The van der Waals surface area contributed by atoms with Crippen molar-refractivity contribution in [1.29, 1.82) is 0 Å². The Kier molecular flexibility index (Phi) is 6.27. The van der Waals surface area contributed by atoms with Crippen LogP contribution in [0, 0.1) is 0 Å². The normalized spacial score (nSPS) is 11.1. The van der Waals surface area contributed by atoms with Crippen LogP contribution in [0.25, 0.3) is 21.3 Å². The number of hydrogen-bond donors (Lipinski definition) is 1. The lowest BCUT2D eigenvalue weighted by molar-refractivity contribution is -0.140. The third kappa shape index (κ3) is 3.87. The number of aromatic nitrogens is 2. The molecule has 1 N–H and O–H groups in total. The average Bonchev–Trinajstić information content (AvgIpc) is 3.04. The second kappa shape index (κ2) is 8.51. The summed E-state index contributed by atoms with van der Waals surface area (Å²) in [5.41, 5.74) is 0.638. The van der Waals surface area contributed by atoms with Crippen molar-refractivity contribution in [2.45, 2.75) is 32.7 Å². The van der Waals surface area contributed by atoms with Gasteiger partial charge in [0.05, 0.1) is 22.5 Å². The number of H-pyrrole nitrogens is 1. The van der Waals surface area contributed by atoms with E-state index in [1.807, 2.05) is 6.92 Å². The van der Waals surface area contributed by atoms with E-state index in [0.29, 0.717) is 33.1 Å². The summed E-state index contributed by atoms with van der Waals surface area (Å²) in [4.78, 5) is 41.1. The van der Waals surface area contributed by atoms with Crippen molar-refractivity contribution < 1.29 is 9.53 Å². The van der Waals surface area contributed by atoms with Crippen molar-refractivity contribution in [2.24, 2.45) is 0 Å². The van der Waals surface area contributed by atoms with Gasteiger partial charge < -0.3 is 4.74 Å². The van der Waals surface area contributed by atoms with Crippen molar-refractivity contribution in [3.05, 3.63) is 54.0 Å². The van der Waals surface area contributed by atoms with Crippen LogP contribution in [0.3, 0.4) is 0 Å². The minimum absolute atomic E-state index is 0.122. The quantitative estimate of drug-likeness (QED) is 0.581. The summed E-state index contributed by atoms with van der Waals surface area (Å²) in [5, 5.41) is 1.26. The van der Waals surface area contributed by atoms with Gasteiger partial charge in [-0.3, -0.25) is 19.1 Å². The van der Waals surface area contributed by atoms with Crippen LogP contribution in [0.2, 0.25) is 10.0 Å². The molecule has 0 aliphatic rings. The standard InChI is InChI=1S/C19H18Cl2N2O4S/c1-3-13-15(10-6-7-11(20)12(21)9-10)16-17(28-13)22-19(26)23(18(16)25)8-4-5-14(24)27-2/h6-7,9H,3-5,8H2,1-2H3,(H,22,26). The van der Waals surface area contributed by atoms with E-state index < -0.39 is 5.69 Å². The Morgan fingerprint density at radius 2 is 2.00 bits per heavy atom. The van der Waals surface area contributed by atoms with Gasteiger partial charge in [0.1, 0.15) is 4.83 Å². The molecular formula is C19H18Cl2N2O4S. The Hall–Kier alpha value is -2.09. The molecule has 9 heteroatoms. The highest BCUT2D eigenvalue weighted by Crippen LogP contribution is 2.38. The van der Waals surface area contributed by atoms with Crippen LogP contribution in [-0.2, 0) is 22.5 Å². The molecule has 2 heterocycles. The number of esters is 1.